The zero-order valence-corrected chi connectivity index (χ0v) is 15.7. The van der Waals surface area contributed by atoms with Gasteiger partial charge in [0.05, 0.1) is 12.1 Å². The molecule has 4 rings (SSSR count). The standard InChI is InChI=1S/C21H35NO2/c1-13(22-24)17-6-7-18-16-5-4-14-12-15(23)8-10-20(14,2)19(16)9-11-21(17,18)3/h13-19,23H,4-12H2,1-3H3/t13?,14-,15-,16-,17+,18-,19-,20-,21+/m0/s1. The van der Waals surface area contributed by atoms with Crippen molar-refractivity contribution in [3.8, 4) is 0 Å². The molecule has 0 aromatic rings. The molecule has 3 heteroatoms. The largest absolute Gasteiger partial charge is 0.393 e. The number of nitrogens with zero attached hydrogens (tertiary/aromatic N) is 1. The highest BCUT2D eigenvalue weighted by atomic mass is 16.3. The Labute approximate surface area is 147 Å². The first-order chi connectivity index (χ1) is 11.4. The van der Waals surface area contributed by atoms with Crippen LogP contribution in [0.3, 0.4) is 0 Å². The first kappa shape index (κ1) is 17.0. The van der Waals surface area contributed by atoms with Gasteiger partial charge in [0, 0.05) is 0 Å². The Hall–Kier alpha value is -0.440. The Morgan fingerprint density at radius 2 is 1.67 bits per heavy atom. The van der Waals surface area contributed by atoms with Crippen LogP contribution in [0.2, 0.25) is 0 Å². The van der Waals surface area contributed by atoms with Crippen molar-refractivity contribution in [1.82, 2.24) is 0 Å². The van der Waals surface area contributed by atoms with Gasteiger partial charge >= 0.3 is 0 Å². The van der Waals surface area contributed by atoms with Crippen LogP contribution in [0.15, 0.2) is 5.18 Å². The van der Waals surface area contributed by atoms with Crippen LogP contribution in [0.4, 0.5) is 0 Å². The lowest BCUT2D eigenvalue weighted by Gasteiger charge is -2.61. The molecule has 9 atom stereocenters. The average Bonchev–Trinajstić information content (AvgIpc) is 2.92. The van der Waals surface area contributed by atoms with Crippen molar-refractivity contribution in [2.24, 2.45) is 45.6 Å². The number of aliphatic hydroxyl groups excluding tert-OH is 1. The summed E-state index contributed by atoms with van der Waals surface area (Å²) in [6, 6.07) is -0.0201. The van der Waals surface area contributed by atoms with Crippen molar-refractivity contribution in [2.45, 2.75) is 90.7 Å². The molecule has 1 unspecified atom stereocenters. The van der Waals surface area contributed by atoms with Crippen LogP contribution >= 0.6 is 0 Å². The molecule has 3 nitrogen and oxygen atoms in total. The second-order valence-electron chi connectivity index (χ2n) is 10.2. The average molecular weight is 334 g/mol. The Balaban J connectivity index is 1.60. The number of nitroso groups, excluding NO2 is 1. The van der Waals surface area contributed by atoms with E-state index in [4.69, 9.17) is 0 Å². The summed E-state index contributed by atoms with van der Waals surface area (Å²) in [5.74, 6) is 3.73. The van der Waals surface area contributed by atoms with Gasteiger partial charge in [-0.3, -0.25) is 0 Å². The van der Waals surface area contributed by atoms with Crippen LogP contribution < -0.4 is 0 Å². The van der Waals surface area contributed by atoms with Gasteiger partial charge in [-0.2, -0.15) is 4.91 Å². The molecule has 0 spiro atoms. The monoisotopic (exact) mass is 333 g/mol. The van der Waals surface area contributed by atoms with E-state index in [1.165, 1.54) is 44.9 Å². The normalized spacial score (nSPS) is 55.2. The predicted octanol–water partition coefficient (Wildman–Crippen LogP) is 5.16. The van der Waals surface area contributed by atoms with Crippen molar-refractivity contribution >= 4 is 0 Å². The van der Waals surface area contributed by atoms with Crippen LogP contribution in [-0.4, -0.2) is 17.3 Å². The summed E-state index contributed by atoms with van der Waals surface area (Å²) >= 11 is 0. The van der Waals surface area contributed by atoms with E-state index in [0.29, 0.717) is 16.7 Å². The van der Waals surface area contributed by atoms with Crippen LogP contribution in [0.25, 0.3) is 0 Å². The molecule has 24 heavy (non-hydrogen) atoms. The highest BCUT2D eigenvalue weighted by molar-refractivity contribution is 5.10. The number of fused-ring (bicyclic) bond motifs is 5. The van der Waals surface area contributed by atoms with Crippen LogP contribution in [0, 0.1) is 45.3 Å². The number of hydrogen-bond donors (Lipinski definition) is 1. The molecule has 0 aliphatic heterocycles. The minimum atomic E-state index is -0.0520. The lowest BCUT2D eigenvalue weighted by atomic mass is 9.44. The maximum absolute atomic E-state index is 11.2. The van der Waals surface area contributed by atoms with E-state index >= 15 is 0 Å². The van der Waals surface area contributed by atoms with E-state index in [0.717, 1.165) is 36.5 Å². The zero-order chi connectivity index (χ0) is 17.1. The summed E-state index contributed by atoms with van der Waals surface area (Å²) in [4.78, 5) is 11.2. The van der Waals surface area contributed by atoms with E-state index in [-0.39, 0.29) is 12.1 Å². The fourth-order valence-corrected chi connectivity index (χ4v) is 8.14. The lowest BCUT2D eigenvalue weighted by Crippen LogP contribution is -2.54. The van der Waals surface area contributed by atoms with Gasteiger partial charge in [-0.25, -0.2) is 0 Å². The highest BCUT2D eigenvalue weighted by Gasteiger charge is 2.60. The third kappa shape index (κ3) is 2.26. The van der Waals surface area contributed by atoms with Gasteiger partial charge < -0.3 is 5.11 Å². The van der Waals surface area contributed by atoms with E-state index < -0.39 is 0 Å². The molecule has 4 aliphatic rings. The molecular weight excluding hydrogens is 298 g/mol. The molecule has 0 aromatic heterocycles. The Morgan fingerprint density at radius 3 is 2.42 bits per heavy atom. The van der Waals surface area contributed by atoms with E-state index in [2.05, 4.69) is 19.0 Å². The maximum Gasteiger partial charge on any atom is 0.0925 e. The molecular formula is C21H35NO2. The van der Waals surface area contributed by atoms with Crippen molar-refractivity contribution in [3.63, 3.8) is 0 Å². The summed E-state index contributed by atoms with van der Waals surface area (Å²) < 4.78 is 0. The minimum absolute atomic E-state index is 0.0201. The van der Waals surface area contributed by atoms with Gasteiger partial charge in [-0.15, -0.1) is 0 Å². The molecule has 4 aliphatic carbocycles. The summed E-state index contributed by atoms with van der Waals surface area (Å²) in [7, 11) is 0. The van der Waals surface area contributed by atoms with Crippen molar-refractivity contribution in [2.75, 3.05) is 0 Å². The molecule has 0 radical (unpaired) electrons. The molecule has 0 saturated heterocycles. The molecule has 0 amide bonds. The van der Waals surface area contributed by atoms with Crippen LogP contribution in [-0.2, 0) is 0 Å². The van der Waals surface area contributed by atoms with E-state index in [9.17, 15) is 10.0 Å². The third-order valence-electron chi connectivity index (χ3n) is 9.46. The van der Waals surface area contributed by atoms with Gasteiger partial charge in [-0.1, -0.05) is 19.0 Å². The number of rotatable bonds is 2. The van der Waals surface area contributed by atoms with Gasteiger partial charge in [-0.05, 0) is 105 Å². The molecule has 136 valence electrons. The summed E-state index contributed by atoms with van der Waals surface area (Å²) in [6.07, 6.45) is 11.0. The van der Waals surface area contributed by atoms with Crippen molar-refractivity contribution in [3.05, 3.63) is 4.91 Å². The van der Waals surface area contributed by atoms with Crippen molar-refractivity contribution < 1.29 is 5.11 Å². The molecule has 0 bridgehead atoms. The Kier molecular flexibility index (Phi) is 4.10. The first-order valence-electron chi connectivity index (χ1n) is 10.4. The molecule has 0 aromatic carbocycles. The minimum Gasteiger partial charge on any atom is -0.393 e. The molecule has 4 saturated carbocycles. The number of hydrogen-bond acceptors (Lipinski definition) is 3. The highest BCUT2D eigenvalue weighted by Crippen LogP contribution is 2.67. The quantitative estimate of drug-likeness (QED) is 0.709. The zero-order valence-electron chi connectivity index (χ0n) is 15.7. The Morgan fingerprint density at radius 1 is 0.958 bits per heavy atom. The predicted molar refractivity (Wildman–Crippen MR) is 96.5 cm³/mol. The fourth-order valence-electron chi connectivity index (χ4n) is 8.14. The van der Waals surface area contributed by atoms with Gasteiger partial charge in [0.2, 0.25) is 0 Å². The SMILES string of the molecule is CC(N=O)[C@H]1CC[C@H]2[C@@H]3CC[C@H]4C[C@@H](O)CC[C@]4(C)[C@H]3CC[C@]12C. The van der Waals surface area contributed by atoms with E-state index in [1.54, 1.807) is 0 Å². The first-order valence-corrected chi connectivity index (χ1v) is 10.4. The third-order valence-corrected chi connectivity index (χ3v) is 9.46. The topological polar surface area (TPSA) is 49.7 Å². The lowest BCUT2D eigenvalue weighted by molar-refractivity contribution is -0.127. The van der Waals surface area contributed by atoms with Gasteiger partial charge in [0.1, 0.15) is 0 Å². The summed E-state index contributed by atoms with van der Waals surface area (Å²) in [5.41, 5.74) is 0.794. The van der Waals surface area contributed by atoms with Crippen LogP contribution in [0.1, 0.15) is 78.6 Å². The summed E-state index contributed by atoms with van der Waals surface area (Å²) in [6.45, 7) is 7.06. The van der Waals surface area contributed by atoms with E-state index in [1.807, 2.05) is 6.92 Å². The number of aliphatic hydroxyl groups is 1. The molecule has 0 heterocycles. The second kappa shape index (κ2) is 5.79. The van der Waals surface area contributed by atoms with Gasteiger partial charge in [0.15, 0.2) is 0 Å². The van der Waals surface area contributed by atoms with Gasteiger partial charge in [0.25, 0.3) is 0 Å². The smallest absolute Gasteiger partial charge is 0.0925 e. The Bertz CT molecular complexity index is 508. The van der Waals surface area contributed by atoms with Crippen LogP contribution in [0.5, 0.6) is 0 Å². The fraction of sp³-hybridized carbons (Fsp3) is 1.00. The molecule has 1 N–H and O–H groups in total. The second-order valence-corrected chi connectivity index (χ2v) is 10.2. The summed E-state index contributed by atoms with van der Waals surface area (Å²) in [5, 5.41) is 13.6. The van der Waals surface area contributed by atoms with Crippen molar-refractivity contribution in [1.29, 1.82) is 0 Å². The maximum atomic E-state index is 11.2. The molecule has 4 fully saturated rings.